The van der Waals surface area contributed by atoms with Crippen molar-refractivity contribution in [3.8, 4) is 0 Å². The van der Waals surface area contributed by atoms with E-state index in [0.29, 0.717) is 5.95 Å². The van der Waals surface area contributed by atoms with Gasteiger partial charge in [0.2, 0.25) is 5.95 Å². The topological polar surface area (TPSA) is 58.0 Å². The van der Waals surface area contributed by atoms with Crippen LogP contribution in [0.25, 0.3) is 0 Å². The molecule has 0 spiro atoms. The Kier molecular flexibility index (Phi) is 3.44. The number of aromatic nitrogens is 2. The first-order valence-electron chi connectivity index (χ1n) is 5.49. The van der Waals surface area contributed by atoms with Crippen LogP contribution in [0.4, 0.5) is 5.95 Å². The van der Waals surface area contributed by atoms with E-state index in [4.69, 9.17) is 0 Å². The van der Waals surface area contributed by atoms with E-state index in [1.165, 1.54) is 0 Å². The molecule has 1 saturated carbocycles. The minimum atomic E-state index is -0.0452. The van der Waals surface area contributed by atoms with E-state index in [1.807, 2.05) is 0 Å². The second-order valence-electron chi connectivity index (χ2n) is 4.63. The molecule has 1 aromatic rings. The average molecular weight is 286 g/mol. The summed E-state index contributed by atoms with van der Waals surface area (Å²) >= 11 is 3.30. The fourth-order valence-corrected chi connectivity index (χ4v) is 2.42. The SMILES string of the molecule is C[C@]1(CO)CCC[C@H]1Nc1ncc(Br)cn1. The molecule has 1 heterocycles. The van der Waals surface area contributed by atoms with Crippen molar-refractivity contribution in [2.75, 3.05) is 11.9 Å². The van der Waals surface area contributed by atoms with Crippen LogP contribution >= 0.6 is 15.9 Å². The van der Waals surface area contributed by atoms with Gasteiger partial charge in [-0.1, -0.05) is 13.3 Å². The number of hydrogen-bond donors (Lipinski definition) is 2. The van der Waals surface area contributed by atoms with Crippen LogP contribution in [0.3, 0.4) is 0 Å². The largest absolute Gasteiger partial charge is 0.396 e. The zero-order valence-corrected chi connectivity index (χ0v) is 10.9. The Morgan fingerprint density at radius 1 is 1.56 bits per heavy atom. The second-order valence-corrected chi connectivity index (χ2v) is 5.54. The highest BCUT2D eigenvalue weighted by molar-refractivity contribution is 9.10. The summed E-state index contributed by atoms with van der Waals surface area (Å²) in [7, 11) is 0. The lowest BCUT2D eigenvalue weighted by Gasteiger charge is -2.29. The van der Waals surface area contributed by atoms with Gasteiger partial charge in [-0.25, -0.2) is 9.97 Å². The van der Waals surface area contributed by atoms with Gasteiger partial charge in [0, 0.05) is 23.9 Å². The molecular formula is C11H16BrN3O. The van der Waals surface area contributed by atoms with Gasteiger partial charge in [-0.2, -0.15) is 0 Å². The molecule has 0 amide bonds. The van der Waals surface area contributed by atoms with E-state index in [9.17, 15) is 5.11 Å². The minimum Gasteiger partial charge on any atom is -0.396 e. The molecule has 1 aliphatic carbocycles. The molecule has 0 saturated heterocycles. The number of aliphatic hydroxyl groups is 1. The Labute approximate surface area is 104 Å². The lowest BCUT2D eigenvalue weighted by molar-refractivity contribution is 0.138. The van der Waals surface area contributed by atoms with Crippen LogP contribution in [0.2, 0.25) is 0 Å². The lowest BCUT2D eigenvalue weighted by atomic mass is 9.86. The summed E-state index contributed by atoms with van der Waals surface area (Å²) in [5.41, 5.74) is -0.0452. The van der Waals surface area contributed by atoms with Crippen LogP contribution in [0.1, 0.15) is 26.2 Å². The Bertz CT molecular complexity index is 357. The molecule has 0 radical (unpaired) electrons. The summed E-state index contributed by atoms with van der Waals surface area (Å²) in [6.07, 6.45) is 6.71. The zero-order valence-electron chi connectivity index (χ0n) is 9.28. The van der Waals surface area contributed by atoms with E-state index in [0.717, 1.165) is 23.7 Å². The third-order valence-electron chi connectivity index (χ3n) is 3.37. The highest BCUT2D eigenvalue weighted by atomic mass is 79.9. The summed E-state index contributed by atoms with van der Waals surface area (Å²) in [6.45, 7) is 2.32. The Morgan fingerprint density at radius 3 is 2.88 bits per heavy atom. The number of nitrogens with zero attached hydrogens (tertiary/aromatic N) is 2. The van der Waals surface area contributed by atoms with Crippen molar-refractivity contribution in [3.05, 3.63) is 16.9 Å². The molecule has 0 unspecified atom stereocenters. The molecule has 1 fully saturated rings. The van der Waals surface area contributed by atoms with Gasteiger partial charge in [0.25, 0.3) is 0 Å². The van der Waals surface area contributed by atoms with Gasteiger partial charge in [-0.05, 0) is 28.8 Å². The third-order valence-corrected chi connectivity index (χ3v) is 3.78. The van der Waals surface area contributed by atoms with Gasteiger partial charge in [0.15, 0.2) is 0 Å². The molecule has 0 bridgehead atoms. The quantitative estimate of drug-likeness (QED) is 0.894. The Hall–Kier alpha value is -0.680. The molecule has 1 aromatic heterocycles. The first-order chi connectivity index (χ1) is 7.64. The van der Waals surface area contributed by atoms with Crippen LogP contribution in [-0.4, -0.2) is 27.7 Å². The molecule has 16 heavy (non-hydrogen) atoms. The number of hydrogen-bond acceptors (Lipinski definition) is 4. The number of halogens is 1. The Balaban J connectivity index is 2.07. The van der Waals surface area contributed by atoms with Gasteiger partial charge in [0.05, 0.1) is 11.1 Å². The predicted octanol–water partition coefficient (Wildman–Crippen LogP) is 2.20. The van der Waals surface area contributed by atoms with Gasteiger partial charge in [0.1, 0.15) is 0 Å². The smallest absolute Gasteiger partial charge is 0.222 e. The number of rotatable bonds is 3. The molecule has 88 valence electrons. The number of aliphatic hydroxyl groups excluding tert-OH is 1. The molecule has 2 atom stereocenters. The molecule has 0 aromatic carbocycles. The summed E-state index contributed by atoms with van der Waals surface area (Å²) in [6, 6.07) is 0.263. The van der Waals surface area contributed by atoms with Crippen LogP contribution in [-0.2, 0) is 0 Å². The summed E-state index contributed by atoms with van der Waals surface area (Å²) in [5.74, 6) is 0.634. The van der Waals surface area contributed by atoms with Crippen LogP contribution in [0, 0.1) is 5.41 Å². The maximum Gasteiger partial charge on any atom is 0.222 e. The van der Waals surface area contributed by atoms with Crippen LogP contribution in [0.5, 0.6) is 0 Å². The number of anilines is 1. The van der Waals surface area contributed by atoms with Crippen molar-refractivity contribution in [2.45, 2.75) is 32.2 Å². The normalized spacial score (nSPS) is 29.3. The van der Waals surface area contributed by atoms with Crippen molar-refractivity contribution in [1.82, 2.24) is 9.97 Å². The lowest BCUT2D eigenvalue weighted by Crippen LogP contribution is -2.36. The van der Waals surface area contributed by atoms with Gasteiger partial charge in [-0.3, -0.25) is 0 Å². The van der Waals surface area contributed by atoms with Crippen LogP contribution < -0.4 is 5.32 Å². The molecule has 0 aliphatic heterocycles. The average Bonchev–Trinajstić information content (AvgIpc) is 2.65. The second kappa shape index (κ2) is 4.67. The van der Waals surface area contributed by atoms with Gasteiger partial charge >= 0.3 is 0 Å². The summed E-state index contributed by atoms with van der Waals surface area (Å²) in [4.78, 5) is 8.38. The van der Waals surface area contributed by atoms with Crippen molar-refractivity contribution in [3.63, 3.8) is 0 Å². The summed E-state index contributed by atoms with van der Waals surface area (Å²) < 4.78 is 0.870. The predicted molar refractivity (Wildman–Crippen MR) is 66.2 cm³/mol. The third kappa shape index (κ3) is 2.35. The maximum absolute atomic E-state index is 9.43. The van der Waals surface area contributed by atoms with E-state index >= 15 is 0 Å². The van der Waals surface area contributed by atoms with E-state index < -0.39 is 0 Å². The van der Waals surface area contributed by atoms with Crippen molar-refractivity contribution >= 4 is 21.9 Å². The highest BCUT2D eigenvalue weighted by Gasteiger charge is 2.38. The number of nitrogens with one attached hydrogen (secondary N) is 1. The molecule has 4 nitrogen and oxygen atoms in total. The molecular weight excluding hydrogens is 270 g/mol. The molecule has 5 heteroatoms. The maximum atomic E-state index is 9.43. The molecule has 2 N–H and O–H groups in total. The summed E-state index contributed by atoms with van der Waals surface area (Å²) in [5, 5.41) is 12.7. The van der Waals surface area contributed by atoms with Crippen molar-refractivity contribution < 1.29 is 5.11 Å². The van der Waals surface area contributed by atoms with E-state index in [2.05, 4.69) is 38.1 Å². The Morgan fingerprint density at radius 2 is 2.25 bits per heavy atom. The first kappa shape index (κ1) is 11.8. The zero-order chi connectivity index (χ0) is 11.6. The van der Waals surface area contributed by atoms with Crippen molar-refractivity contribution in [1.29, 1.82) is 0 Å². The fourth-order valence-electron chi connectivity index (χ4n) is 2.21. The van der Waals surface area contributed by atoms with Gasteiger partial charge < -0.3 is 10.4 Å². The molecule has 1 aliphatic rings. The monoisotopic (exact) mass is 285 g/mol. The van der Waals surface area contributed by atoms with Crippen molar-refractivity contribution in [2.24, 2.45) is 5.41 Å². The van der Waals surface area contributed by atoms with Crippen LogP contribution in [0.15, 0.2) is 16.9 Å². The standard InChI is InChI=1S/C11H16BrN3O/c1-11(7-16)4-2-3-9(11)15-10-13-5-8(12)6-14-10/h5-6,9,16H,2-4,7H2,1H3,(H,13,14,15)/t9-,11-/m1/s1. The fraction of sp³-hybridized carbons (Fsp3) is 0.636. The van der Waals surface area contributed by atoms with Gasteiger partial charge in [-0.15, -0.1) is 0 Å². The minimum absolute atomic E-state index is 0.0452. The highest BCUT2D eigenvalue weighted by Crippen LogP contribution is 2.38. The first-order valence-corrected chi connectivity index (χ1v) is 6.28. The molecule has 2 rings (SSSR count). The van der Waals surface area contributed by atoms with E-state index in [1.54, 1.807) is 12.4 Å². The van der Waals surface area contributed by atoms with E-state index in [-0.39, 0.29) is 18.1 Å².